The molecule has 1 amide bonds. The van der Waals surface area contributed by atoms with E-state index in [1.165, 1.54) is 4.88 Å². The van der Waals surface area contributed by atoms with E-state index in [2.05, 4.69) is 15.2 Å². The van der Waals surface area contributed by atoms with Gasteiger partial charge in [0.25, 0.3) is 0 Å². The van der Waals surface area contributed by atoms with Crippen LogP contribution in [0.1, 0.15) is 29.5 Å². The number of halogens is 1. The van der Waals surface area contributed by atoms with Crippen LogP contribution in [-0.2, 0) is 11.3 Å². The number of hydrogen-bond donors (Lipinski definition) is 1. The Morgan fingerprint density at radius 3 is 2.96 bits per heavy atom. The number of carbonyl (C=O) groups excluding carboxylic acids is 1. The molecule has 1 aromatic carbocycles. The zero-order chi connectivity index (χ0) is 17.9. The first-order chi connectivity index (χ1) is 12.7. The minimum atomic E-state index is 0.0772. The van der Waals surface area contributed by atoms with Crippen molar-refractivity contribution in [3.8, 4) is 0 Å². The highest BCUT2D eigenvalue weighted by Crippen LogP contribution is 2.30. The molecule has 2 aromatic heterocycles. The lowest BCUT2D eigenvalue weighted by Gasteiger charge is -2.29. The van der Waals surface area contributed by atoms with Crippen LogP contribution in [-0.4, -0.2) is 35.4 Å². The Morgan fingerprint density at radius 2 is 2.19 bits per heavy atom. The molecule has 0 atom stereocenters. The summed E-state index contributed by atoms with van der Waals surface area (Å²) in [6.45, 7) is 2.80. The number of aromatic nitrogens is 1. The van der Waals surface area contributed by atoms with Crippen molar-refractivity contribution in [3.63, 3.8) is 0 Å². The van der Waals surface area contributed by atoms with E-state index in [4.69, 9.17) is 16.0 Å². The number of oxazole rings is 1. The number of carbonyl (C=O) groups is 1. The lowest BCUT2D eigenvalue weighted by Crippen LogP contribution is -2.40. The third kappa shape index (κ3) is 4.09. The highest BCUT2D eigenvalue weighted by Gasteiger charge is 2.25. The van der Waals surface area contributed by atoms with Crippen molar-refractivity contribution >= 4 is 39.9 Å². The van der Waals surface area contributed by atoms with Crippen molar-refractivity contribution in [3.05, 3.63) is 51.5 Å². The summed E-state index contributed by atoms with van der Waals surface area (Å²) in [7, 11) is 0. The van der Waals surface area contributed by atoms with Gasteiger partial charge in [0.2, 0.25) is 5.91 Å². The van der Waals surface area contributed by atoms with Gasteiger partial charge in [-0.25, -0.2) is 4.98 Å². The predicted octanol–water partition coefficient (Wildman–Crippen LogP) is 4.04. The molecule has 5 nitrogen and oxygen atoms in total. The molecule has 0 bridgehead atoms. The van der Waals surface area contributed by atoms with E-state index in [0.29, 0.717) is 24.0 Å². The van der Waals surface area contributed by atoms with Crippen LogP contribution in [0.25, 0.3) is 11.1 Å². The molecule has 1 aliphatic heterocycles. The molecule has 3 heterocycles. The van der Waals surface area contributed by atoms with Crippen LogP contribution >= 0.6 is 22.9 Å². The smallest absolute Gasteiger partial charge is 0.234 e. The summed E-state index contributed by atoms with van der Waals surface area (Å²) >= 11 is 7.67. The van der Waals surface area contributed by atoms with E-state index in [0.717, 1.165) is 42.9 Å². The molecule has 0 saturated carbocycles. The van der Waals surface area contributed by atoms with Crippen molar-refractivity contribution < 1.29 is 9.21 Å². The van der Waals surface area contributed by atoms with Gasteiger partial charge in [0.1, 0.15) is 5.52 Å². The molecule has 26 heavy (non-hydrogen) atoms. The Kier molecular flexibility index (Phi) is 5.24. The van der Waals surface area contributed by atoms with Gasteiger partial charge in [-0.3, -0.25) is 9.69 Å². The molecular formula is C19H20ClN3O2S. The van der Waals surface area contributed by atoms with E-state index in [9.17, 15) is 4.79 Å². The summed E-state index contributed by atoms with van der Waals surface area (Å²) in [6, 6.07) is 9.54. The second-order valence-corrected chi connectivity index (χ2v) is 8.04. The van der Waals surface area contributed by atoms with Gasteiger partial charge in [0.05, 0.1) is 13.1 Å². The molecule has 1 saturated heterocycles. The van der Waals surface area contributed by atoms with Crippen molar-refractivity contribution in [2.75, 3.05) is 19.6 Å². The topological polar surface area (TPSA) is 58.4 Å². The van der Waals surface area contributed by atoms with Gasteiger partial charge in [-0.2, -0.15) is 0 Å². The Hall–Kier alpha value is -1.89. The van der Waals surface area contributed by atoms with E-state index >= 15 is 0 Å². The zero-order valence-electron chi connectivity index (χ0n) is 14.3. The zero-order valence-corrected chi connectivity index (χ0v) is 15.9. The monoisotopic (exact) mass is 389 g/mol. The van der Waals surface area contributed by atoms with Crippen LogP contribution in [0.2, 0.25) is 5.02 Å². The third-order valence-corrected chi connectivity index (χ3v) is 5.82. The summed E-state index contributed by atoms with van der Waals surface area (Å²) in [6.07, 6.45) is 1.89. The van der Waals surface area contributed by atoms with Gasteiger partial charge in [0.15, 0.2) is 11.5 Å². The van der Waals surface area contributed by atoms with E-state index < -0.39 is 0 Å². The first kappa shape index (κ1) is 17.5. The van der Waals surface area contributed by atoms with Gasteiger partial charge in [0, 0.05) is 15.8 Å². The largest absolute Gasteiger partial charge is 0.440 e. The molecule has 1 fully saturated rings. The summed E-state index contributed by atoms with van der Waals surface area (Å²) in [5.41, 5.74) is 1.59. The van der Waals surface area contributed by atoms with Crippen LogP contribution in [0, 0.1) is 0 Å². The van der Waals surface area contributed by atoms with E-state index in [1.54, 1.807) is 11.3 Å². The third-order valence-electron chi connectivity index (χ3n) is 4.71. The SMILES string of the molecule is O=C(CN1CCC(c2nc3cc(Cl)ccc3o2)CC1)NCc1cccs1. The first-order valence-corrected chi connectivity index (χ1v) is 10.0. The van der Waals surface area contributed by atoms with E-state index in [-0.39, 0.29) is 5.91 Å². The highest BCUT2D eigenvalue weighted by molar-refractivity contribution is 7.09. The first-order valence-electron chi connectivity index (χ1n) is 8.75. The number of hydrogen-bond acceptors (Lipinski definition) is 5. The van der Waals surface area contributed by atoms with Gasteiger partial charge in [-0.05, 0) is 55.6 Å². The van der Waals surface area contributed by atoms with Gasteiger partial charge in [-0.1, -0.05) is 17.7 Å². The quantitative estimate of drug-likeness (QED) is 0.715. The fourth-order valence-corrected chi connectivity index (χ4v) is 4.10. The van der Waals surface area contributed by atoms with E-state index in [1.807, 2.05) is 35.7 Å². The normalized spacial score (nSPS) is 16.2. The fourth-order valence-electron chi connectivity index (χ4n) is 3.29. The molecule has 3 aromatic rings. The van der Waals surface area contributed by atoms with Gasteiger partial charge >= 0.3 is 0 Å². The molecule has 136 valence electrons. The van der Waals surface area contributed by atoms with Crippen molar-refractivity contribution in [2.24, 2.45) is 0 Å². The van der Waals surface area contributed by atoms with Crippen LogP contribution in [0.15, 0.2) is 40.1 Å². The Bertz CT molecular complexity index is 885. The minimum Gasteiger partial charge on any atom is -0.440 e. The molecular weight excluding hydrogens is 370 g/mol. The summed E-state index contributed by atoms with van der Waals surface area (Å²) in [5, 5.41) is 5.67. The lowest BCUT2D eigenvalue weighted by atomic mass is 9.97. The molecule has 1 aliphatic rings. The maximum atomic E-state index is 12.1. The van der Waals surface area contributed by atoms with Gasteiger partial charge < -0.3 is 9.73 Å². The lowest BCUT2D eigenvalue weighted by molar-refractivity contribution is -0.122. The number of rotatable bonds is 5. The molecule has 4 rings (SSSR count). The number of thiophene rings is 1. The maximum absolute atomic E-state index is 12.1. The summed E-state index contributed by atoms with van der Waals surface area (Å²) in [5.74, 6) is 1.16. The van der Waals surface area contributed by atoms with Crippen molar-refractivity contribution in [1.82, 2.24) is 15.2 Å². The van der Waals surface area contributed by atoms with Crippen molar-refractivity contribution in [2.45, 2.75) is 25.3 Å². The Morgan fingerprint density at radius 1 is 1.35 bits per heavy atom. The number of nitrogens with one attached hydrogen (secondary N) is 1. The number of likely N-dealkylation sites (tertiary alicyclic amines) is 1. The maximum Gasteiger partial charge on any atom is 0.234 e. The Labute approximate surface area is 161 Å². The molecule has 7 heteroatoms. The van der Waals surface area contributed by atoms with Crippen LogP contribution in [0.3, 0.4) is 0 Å². The highest BCUT2D eigenvalue weighted by atomic mass is 35.5. The van der Waals surface area contributed by atoms with Crippen LogP contribution < -0.4 is 5.32 Å². The Balaban J connectivity index is 1.28. The molecule has 0 spiro atoms. The second-order valence-electron chi connectivity index (χ2n) is 6.57. The molecule has 1 N–H and O–H groups in total. The van der Waals surface area contributed by atoms with Crippen LogP contribution in [0.4, 0.5) is 0 Å². The van der Waals surface area contributed by atoms with Crippen molar-refractivity contribution in [1.29, 1.82) is 0 Å². The average molecular weight is 390 g/mol. The average Bonchev–Trinajstić information content (AvgIpc) is 3.29. The molecule has 0 radical (unpaired) electrons. The number of fused-ring (bicyclic) bond motifs is 1. The number of amides is 1. The molecule has 0 aliphatic carbocycles. The van der Waals surface area contributed by atoms with Gasteiger partial charge in [-0.15, -0.1) is 11.3 Å². The minimum absolute atomic E-state index is 0.0772. The standard InChI is InChI=1S/C19H20ClN3O2S/c20-14-3-4-17-16(10-14)22-19(25-17)13-5-7-23(8-6-13)12-18(24)21-11-15-2-1-9-26-15/h1-4,9-10,13H,5-8,11-12H2,(H,21,24). The molecule has 0 unspecified atom stereocenters. The predicted molar refractivity (Wildman–Crippen MR) is 104 cm³/mol. The number of piperidine rings is 1. The summed E-state index contributed by atoms with van der Waals surface area (Å²) < 4.78 is 5.89. The fraction of sp³-hybridized carbons (Fsp3) is 0.368. The van der Waals surface area contributed by atoms with Crippen LogP contribution in [0.5, 0.6) is 0 Å². The number of benzene rings is 1. The summed E-state index contributed by atoms with van der Waals surface area (Å²) in [4.78, 5) is 20.1. The second kappa shape index (κ2) is 7.78. The number of nitrogens with zero attached hydrogens (tertiary/aromatic N) is 2.